The van der Waals surface area contributed by atoms with Crippen molar-refractivity contribution in [2.24, 2.45) is 0 Å². The second-order valence-corrected chi connectivity index (χ2v) is 5.03. The highest BCUT2D eigenvalue weighted by Gasteiger charge is 2.24. The van der Waals surface area contributed by atoms with Crippen molar-refractivity contribution in [3.63, 3.8) is 0 Å². The Labute approximate surface area is 122 Å². The molecule has 104 valence electrons. The Morgan fingerprint density at radius 2 is 2.05 bits per heavy atom. The van der Waals surface area contributed by atoms with Crippen LogP contribution in [-0.4, -0.2) is 43.2 Å². The summed E-state index contributed by atoms with van der Waals surface area (Å²) < 4.78 is 10.8. The highest BCUT2D eigenvalue weighted by Crippen LogP contribution is 2.32. The molecular formula is C13H15Cl2NO3. The third kappa shape index (κ3) is 3.53. The van der Waals surface area contributed by atoms with E-state index >= 15 is 0 Å². The van der Waals surface area contributed by atoms with Gasteiger partial charge in [0, 0.05) is 13.1 Å². The third-order valence-electron chi connectivity index (χ3n) is 2.89. The lowest BCUT2D eigenvalue weighted by atomic mass is 10.3. The number of halogens is 2. The summed E-state index contributed by atoms with van der Waals surface area (Å²) >= 11 is 11.9. The molecule has 1 aliphatic rings. The first-order valence-corrected chi connectivity index (χ1v) is 6.82. The van der Waals surface area contributed by atoms with Crippen molar-refractivity contribution in [3.05, 3.63) is 28.2 Å². The number of nitrogens with zero attached hydrogens (tertiary/aromatic N) is 1. The van der Waals surface area contributed by atoms with Crippen molar-refractivity contribution in [3.8, 4) is 5.75 Å². The van der Waals surface area contributed by atoms with E-state index in [-0.39, 0.29) is 5.91 Å². The molecule has 2 rings (SSSR count). The van der Waals surface area contributed by atoms with Crippen LogP contribution in [0.5, 0.6) is 5.75 Å². The number of carbonyl (C=O) groups excluding carboxylic acids is 1. The Hall–Kier alpha value is -0.970. The molecule has 0 bridgehead atoms. The number of ether oxygens (including phenoxy) is 2. The summed E-state index contributed by atoms with van der Waals surface area (Å²) in [5, 5.41) is 0.732. The van der Waals surface area contributed by atoms with Crippen LogP contribution in [0.15, 0.2) is 18.2 Å². The van der Waals surface area contributed by atoms with E-state index in [4.69, 9.17) is 32.7 Å². The predicted octanol–water partition coefficient (Wildman–Crippen LogP) is 2.62. The molecule has 1 aliphatic heterocycles. The second-order valence-electron chi connectivity index (χ2n) is 4.25. The summed E-state index contributed by atoms with van der Waals surface area (Å²) in [5.74, 6) is 0.350. The van der Waals surface area contributed by atoms with Crippen LogP contribution in [0.1, 0.15) is 6.92 Å². The summed E-state index contributed by atoms with van der Waals surface area (Å²) in [6.45, 7) is 4.02. The average molecular weight is 304 g/mol. The van der Waals surface area contributed by atoms with Gasteiger partial charge in [0.15, 0.2) is 6.10 Å². The zero-order chi connectivity index (χ0) is 13.8. The fraction of sp³-hybridized carbons (Fsp3) is 0.462. The first-order valence-electron chi connectivity index (χ1n) is 6.07. The highest BCUT2D eigenvalue weighted by molar-refractivity contribution is 6.42. The lowest BCUT2D eigenvalue weighted by Gasteiger charge is -2.29. The van der Waals surface area contributed by atoms with Crippen LogP contribution in [0, 0.1) is 0 Å². The minimum absolute atomic E-state index is 0.0701. The van der Waals surface area contributed by atoms with E-state index in [1.807, 2.05) is 0 Å². The maximum Gasteiger partial charge on any atom is 0.263 e. The minimum atomic E-state index is -0.603. The van der Waals surface area contributed by atoms with Crippen LogP contribution >= 0.6 is 23.2 Å². The molecule has 1 saturated heterocycles. The Balaban J connectivity index is 2.01. The molecule has 0 N–H and O–H groups in total. The lowest BCUT2D eigenvalue weighted by molar-refractivity contribution is -0.142. The van der Waals surface area contributed by atoms with Crippen LogP contribution in [0.3, 0.4) is 0 Å². The van der Waals surface area contributed by atoms with E-state index in [0.717, 1.165) is 0 Å². The molecule has 6 heteroatoms. The number of morpholine rings is 1. The Bertz CT molecular complexity index is 461. The molecule has 4 nitrogen and oxygen atoms in total. The first kappa shape index (κ1) is 14.4. The molecule has 0 aliphatic carbocycles. The SMILES string of the molecule is C[C@H](Oc1cccc(Cl)c1Cl)C(=O)N1CCOCC1. The highest BCUT2D eigenvalue weighted by atomic mass is 35.5. The van der Waals surface area contributed by atoms with Crippen molar-refractivity contribution in [1.82, 2.24) is 4.90 Å². The Morgan fingerprint density at radius 3 is 2.74 bits per heavy atom. The van der Waals surface area contributed by atoms with Gasteiger partial charge < -0.3 is 14.4 Å². The number of carbonyl (C=O) groups is 1. The number of hydrogen-bond acceptors (Lipinski definition) is 3. The molecular weight excluding hydrogens is 289 g/mol. The summed E-state index contributed by atoms with van der Waals surface area (Å²) in [4.78, 5) is 13.9. The van der Waals surface area contributed by atoms with Crippen molar-refractivity contribution in [1.29, 1.82) is 0 Å². The molecule has 1 aromatic rings. The molecule has 0 aromatic heterocycles. The molecule has 1 heterocycles. The van der Waals surface area contributed by atoms with E-state index in [2.05, 4.69) is 0 Å². The van der Waals surface area contributed by atoms with E-state index in [9.17, 15) is 4.79 Å². The summed E-state index contributed by atoms with van der Waals surface area (Å²) in [6, 6.07) is 5.10. The van der Waals surface area contributed by atoms with Gasteiger partial charge in [0.1, 0.15) is 10.8 Å². The van der Waals surface area contributed by atoms with Crippen LogP contribution < -0.4 is 4.74 Å². The number of amides is 1. The topological polar surface area (TPSA) is 38.8 Å². The van der Waals surface area contributed by atoms with Crippen molar-refractivity contribution in [2.75, 3.05) is 26.3 Å². The molecule has 0 spiro atoms. The Kier molecular flexibility index (Phi) is 4.91. The fourth-order valence-electron chi connectivity index (χ4n) is 1.86. The van der Waals surface area contributed by atoms with Gasteiger partial charge in [-0.25, -0.2) is 0 Å². The second kappa shape index (κ2) is 6.46. The molecule has 1 fully saturated rings. The van der Waals surface area contributed by atoms with Crippen LogP contribution in [0.4, 0.5) is 0 Å². The van der Waals surface area contributed by atoms with Gasteiger partial charge in [-0.3, -0.25) is 4.79 Å². The minimum Gasteiger partial charge on any atom is -0.479 e. The van der Waals surface area contributed by atoms with E-state index in [1.54, 1.807) is 30.0 Å². The number of benzene rings is 1. The van der Waals surface area contributed by atoms with Gasteiger partial charge in [-0.05, 0) is 19.1 Å². The zero-order valence-electron chi connectivity index (χ0n) is 10.6. The molecule has 1 atom stereocenters. The van der Waals surface area contributed by atoms with Gasteiger partial charge in [0.2, 0.25) is 0 Å². The normalized spacial score (nSPS) is 17.1. The van der Waals surface area contributed by atoms with Crippen LogP contribution in [0.25, 0.3) is 0 Å². The van der Waals surface area contributed by atoms with Crippen molar-refractivity contribution < 1.29 is 14.3 Å². The standard InChI is InChI=1S/C13H15Cl2NO3/c1-9(13(17)16-5-7-18-8-6-16)19-11-4-2-3-10(14)12(11)15/h2-4,9H,5-8H2,1H3/t9-/m0/s1. The summed E-state index contributed by atoms with van der Waals surface area (Å²) in [7, 11) is 0. The molecule has 0 radical (unpaired) electrons. The van der Waals surface area contributed by atoms with Gasteiger partial charge in [0.05, 0.1) is 18.2 Å². The monoisotopic (exact) mass is 303 g/mol. The van der Waals surface area contributed by atoms with E-state index in [1.165, 1.54) is 0 Å². The van der Waals surface area contributed by atoms with E-state index < -0.39 is 6.10 Å². The molecule has 1 aromatic carbocycles. The van der Waals surface area contributed by atoms with Gasteiger partial charge in [0.25, 0.3) is 5.91 Å². The maximum atomic E-state index is 12.2. The molecule has 0 unspecified atom stereocenters. The third-order valence-corrected chi connectivity index (χ3v) is 3.69. The van der Waals surface area contributed by atoms with Gasteiger partial charge >= 0.3 is 0 Å². The largest absolute Gasteiger partial charge is 0.479 e. The van der Waals surface area contributed by atoms with Crippen molar-refractivity contribution in [2.45, 2.75) is 13.0 Å². The van der Waals surface area contributed by atoms with Gasteiger partial charge in [-0.15, -0.1) is 0 Å². The molecule has 0 saturated carbocycles. The number of rotatable bonds is 3. The van der Waals surface area contributed by atoms with Crippen LogP contribution in [0.2, 0.25) is 10.0 Å². The van der Waals surface area contributed by atoms with E-state index in [0.29, 0.717) is 42.1 Å². The quantitative estimate of drug-likeness (QED) is 0.861. The molecule has 1 amide bonds. The fourth-order valence-corrected chi connectivity index (χ4v) is 2.19. The maximum absolute atomic E-state index is 12.2. The summed E-state index contributed by atoms with van der Waals surface area (Å²) in [6.07, 6.45) is -0.603. The van der Waals surface area contributed by atoms with Crippen LogP contribution in [-0.2, 0) is 9.53 Å². The van der Waals surface area contributed by atoms with Gasteiger partial charge in [-0.2, -0.15) is 0 Å². The molecule has 19 heavy (non-hydrogen) atoms. The van der Waals surface area contributed by atoms with Gasteiger partial charge in [-0.1, -0.05) is 29.3 Å². The van der Waals surface area contributed by atoms with Crippen molar-refractivity contribution >= 4 is 29.1 Å². The number of hydrogen-bond donors (Lipinski definition) is 0. The Morgan fingerprint density at radius 1 is 1.37 bits per heavy atom. The predicted molar refractivity (Wildman–Crippen MR) is 74.0 cm³/mol. The lowest BCUT2D eigenvalue weighted by Crippen LogP contribution is -2.46. The smallest absolute Gasteiger partial charge is 0.263 e. The zero-order valence-corrected chi connectivity index (χ0v) is 12.1. The first-order chi connectivity index (χ1) is 9.09. The summed E-state index contributed by atoms with van der Waals surface area (Å²) in [5.41, 5.74) is 0. The average Bonchev–Trinajstić information content (AvgIpc) is 2.44.